The maximum Gasteiger partial charge on any atom is 0.338 e. The quantitative estimate of drug-likeness (QED) is 0.388. The number of benzene rings is 2. The molecule has 0 N–H and O–H groups in total. The number of hydrogen-bond donors (Lipinski definition) is 0. The number of anilines is 1. The van der Waals surface area contributed by atoms with Gasteiger partial charge in [-0.15, -0.1) is 6.58 Å². The lowest BCUT2D eigenvalue weighted by Crippen LogP contribution is -2.41. The summed E-state index contributed by atoms with van der Waals surface area (Å²) in [4.78, 5) is 47.2. The lowest BCUT2D eigenvalue weighted by Gasteiger charge is -2.24. The summed E-state index contributed by atoms with van der Waals surface area (Å²) in [5, 5.41) is 0. The van der Waals surface area contributed by atoms with E-state index in [4.69, 9.17) is 4.74 Å². The maximum absolute atomic E-state index is 14.0. The third-order valence-electron chi connectivity index (χ3n) is 6.13. The van der Waals surface area contributed by atoms with Gasteiger partial charge in [-0.25, -0.2) is 9.79 Å². The number of amides is 1. The monoisotopic (exact) mass is 497 g/mol. The summed E-state index contributed by atoms with van der Waals surface area (Å²) < 4.78 is 7.13. The largest absolute Gasteiger partial charge is 0.458 e. The zero-order valence-corrected chi connectivity index (χ0v) is 20.5. The molecule has 3 heterocycles. The molecule has 0 bridgehead atoms. The molecule has 2 aliphatic heterocycles. The number of thiazole rings is 1. The summed E-state index contributed by atoms with van der Waals surface area (Å²) in [5.74, 6) is -0.832. The molecule has 0 fully saturated rings. The van der Waals surface area contributed by atoms with E-state index in [0.717, 1.165) is 22.6 Å². The van der Waals surface area contributed by atoms with E-state index in [1.54, 1.807) is 17.9 Å². The van der Waals surface area contributed by atoms with Gasteiger partial charge in [-0.3, -0.25) is 14.2 Å². The van der Waals surface area contributed by atoms with Crippen LogP contribution >= 0.6 is 11.3 Å². The summed E-state index contributed by atoms with van der Waals surface area (Å²) in [6, 6.07) is 15.9. The summed E-state index contributed by atoms with van der Waals surface area (Å²) in [5.41, 5.74) is 2.84. The van der Waals surface area contributed by atoms with Crippen LogP contribution in [0.1, 0.15) is 24.1 Å². The molecular weight excluding hydrogens is 474 g/mol. The van der Waals surface area contributed by atoms with Gasteiger partial charge in [0.15, 0.2) is 4.80 Å². The Balaban J connectivity index is 1.79. The third kappa shape index (κ3) is 3.67. The first-order chi connectivity index (χ1) is 17.5. The van der Waals surface area contributed by atoms with Crippen LogP contribution in [0.25, 0.3) is 5.57 Å². The third-order valence-corrected chi connectivity index (χ3v) is 7.18. The number of fused-ring (bicyclic) bond motifs is 2. The first kappa shape index (κ1) is 23.4. The maximum atomic E-state index is 14.0. The summed E-state index contributed by atoms with van der Waals surface area (Å²) in [7, 11) is 0. The standard InChI is InChI=1S/C28H23N3O4S/c1-4-15-30-20-14-10-9-13-19(20)22(25(30)32)24-26(33)31-23(18-11-7-6-8-12-18)21(27(34)35-16-5-2)17(3)29-28(31)36-24/h4-14,23H,1-2,15-16H2,3H3/b24-22-/t23-/m1/s1. The molecule has 1 atom stereocenters. The molecule has 0 saturated heterocycles. The van der Waals surface area contributed by atoms with Crippen molar-refractivity contribution in [1.29, 1.82) is 0 Å². The Morgan fingerprint density at radius 3 is 2.53 bits per heavy atom. The van der Waals surface area contributed by atoms with Crippen molar-refractivity contribution in [3.8, 4) is 0 Å². The molecule has 1 amide bonds. The molecule has 5 rings (SSSR count). The lowest BCUT2D eigenvalue weighted by molar-refractivity contribution is -0.138. The number of esters is 1. The summed E-state index contributed by atoms with van der Waals surface area (Å²) in [6.07, 6.45) is 3.14. The van der Waals surface area contributed by atoms with E-state index in [1.165, 1.54) is 10.6 Å². The minimum atomic E-state index is -0.745. The molecule has 2 aromatic carbocycles. The average Bonchev–Trinajstić information content (AvgIpc) is 3.35. The van der Waals surface area contributed by atoms with Gasteiger partial charge in [-0.2, -0.15) is 0 Å². The van der Waals surface area contributed by atoms with Gasteiger partial charge >= 0.3 is 5.97 Å². The predicted molar refractivity (Wildman–Crippen MR) is 139 cm³/mol. The number of nitrogens with zero attached hydrogens (tertiary/aromatic N) is 3. The minimum absolute atomic E-state index is 0.0378. The molecule has 180 valence electrons. The van der Waals surface area contributed by atoms with Crippen molar-refractivity contribution in [2.75, 3.05) is 18.1 Å². The summed E-state index contributed by atoms with van der Waals surface area (Å²) >= 11 is 1.15. The van der Waals surface area contributed by atoms with Crippen LogP contribution in [0.5, 0.6) is 0 Å². The van der Waals surface area contributed by atoms with Crippen molar-refractivity contribution in [3.05, 3.63) is 122 Å². The number of ether oxygens (including phenoxy) is 1. The molecule has 0 saturated carbocycles. The topological polar surface area (TPSA) is 81.0 Å². The lowest BCUT2D eigenvalue weighted by atomic mass is 9.96. The number of allylic oxidation sites excluding steroid dienone is 1. The van der Waals surface area contributed by atoms with Crippen molar-refractivity contribution in [3.63, 3.8) is 0 Å². The molecule has 1 aromatic heterocycles. The number of para-hydroxylation sites is 1. The van der Waals surface area contributed by atoms with Crippen LogP contribution in [0.3, 0.4) is 0 Å². The Hall–Kier alpha value is -4.30. The highest BCUT2D eigenvalue weighted by atomic mass is 32.1. The number of aromatic nitrogens is 1. The van der Waals surface area contributed by atoms with E-state index in [9.17, 15) is 14.4 Å². The fourth-order valence-electron chi connectivity index (χ4n) is 4.61. The van der Waals surface area contributed by atoms with Crippen molar-refractivity contribution in [2.45, 2.75) is 13.0 Å². The molecule has 0 unspecified atom stereocenters. The number of carbonyl (C=O) groups is 2. The molecule has 0 radical (unpaired) electrons. The second kappa shape index (κ2) is 9.39. The van der Waals surface area contributed by atoms with Crippen LogP contribution in [-0.4, -0.2) is 29.6 Å². The van der Waals surface area contributed by atoms with Crippen molar-refractivity contribution in [1.82, 2.24) is 4.57 Å². The second-order valence-electron chi connectivity index (χ2n) is 8.30. The highest BCUT2D eigenvalue weighted by Gasteiger charge is 2.36. The Labute approximate surface area is 211 Å². The SMILES string of the molecule is C=CCOC(=O)C1=C(C)N=c2s/c(=C3\C(=O)N(CC=C)c4ccccc43)c(=O)n2[C@@H]1c1ccccc1. The highest BCUT2D eigenvalue weighted by Crippen LogP contribution is 2.35. The van der Waals surface area contributed by atoms with E-state index in [1.807, 2.05) is 54.6 Å². The van der Waals surface area contributed by atoms with Gasteiger partial charge in [0.25, 0.3) is 11.5 Å². The van der Waals surface area contributed by atoms with E-state index >= 15 is 0 Å². The van der Waals surface area contributed by atoms with Crippen molar-refractivity contribution >= 4 is 34.5 Å². The normalized spacial score (nSPS) is 17.9. The molecule has 3 aromatic rings. The van der Waals surface area contributed by atoms with Crippen LogP contribution < -0.4 is 19.8 Å². The van der Waals surface area contributed by atoms with Crippen LogP contribution in [0.4, 0.5) is 5.69 Å². The molecule has 36 heavy (non-hydrogen) atoms. The first-order valence-corrected chi connectivity index (χ1v) is 12.2. The molecule has 0 aliphatic carbocycles. The van der Waals surface area contributed by atoms with Crippen LogP contribution in [-0.2, 0) is 14.3 Å². The Morgan fingerprint density at radius 2 is 1.81 bits per heavy atom. The van der Waals surface area contributed by atoms with E-state index in [2.05, 4.69) is 18.2 Å². The van der Waals surface area contributed by atoms with E-state index < -0.39 is 12.0 Å². The van der Waals surface area contributed by atoms with Gasteiger partial charge in [-0.05, 0) is 18.6 Å². The highest BCUT2D eigenvalue weighted by molar-refractivity contribution is 7.07. The zero-order chi connectivity index (χ0) is 25.4. The number of hydrogen-bond acceptors (Lipinski definition) is 6. The first-order valence-electron chi connectivity index (χ1n) is 11.4. The van der Waals surface area contributed by atoms with Crippen molar-refractivity contribution < 1.29 is 14.3 Å². The Bertz CT molecular complexity index is 1630. The fourth-order valence-corrected chi connectivity index (χ4v) is 5.74. The van der Waals surface area contributed by atoms with Crippen LogP contribution in [0.2, 0.25) is 0 Å². The minimum Gasteiger partial charge on any atom is -0.458 e. The number of rotatable bonds is 6. The van der Waals surface area contributed by atoms with Crippen molar-refractivity contribution in [2.24, 2.45) is 4.99 Å². The molecule has 8 heteroatoms. The predicted octanol–water partition coefficient (Wildman–Crippen LogP) is 2.87. The van der Waals surface area contributed by atoms with Gasteiger partial charge in [0.05, 0.1) is 28.6 Å². The van der Waals surface area contributed by atoms with Gasteiger partial charge in [0, 0.05) is 12.1 Å². The van der Waals surface area contributed by atoms with E-state index in [0.29, 0.717) is 28.2 Å². The van der Waals surface area contributed by atoms with E-state index in [-0.39, 0.29) is 28.2 Å². The molecule has 2 aliphatic rings. The van der Waals surface area contributed by atoms with Gasteiger partial charge < -0.3 is 9.64 Å². The Morgan fingerprint density at radius 1 is 1.08 bits per heavy atom. The van der Waals surface area contributed by atoms with Gasteiger partial charge in [0.2, 0.25) is 0 Å². The zero-order valence-electron chi connectivity index (χ0n) is 19.6. The fraction of sp³-hybridized carbons (Fsp3) is 0.143. The second-order valence-corrected chi connectivity index (χ2v) is 9.27. The molecular formula is C28H23N3O4S. The molecule has 0 spiro atoms. The number of carbonyl (C=O) groups excluding carboxylic acids is 2. The Kier molecular flexibility index (Phi) is 6.12. The van der Waals surface area contributed by atoms with Crippen LogP contribution in [0.15, 0.2) is 101 Å². The van der Waals surface area contributed by atoms with Crippen LogP contribution in [0, 0.1) is 0 Å². The average molecular weight is 498 g/mol. The summed E-state index contributed by atoms with van der Waals surface area (Å²) in [6.45, 7) is 9.45. The van der Waals surface area contributed by atoms with Gasteiger partial charge in [-0.1, -0.05) is 78.6 Å². The van der Waals surface area contributed by atoms with Gasteiger partial charge in [0.1, 0.15) is 11.1 Å². The smallest absolute Gasteiger partial charge is 0.338 e. The molecule has 7 nitrogen and oxygen atoms in total.